The number of nitrogens with zero attached hydrogens (tertiary/aromatic N) is 3. The van der Waals surface area contributed by atoms with Crippen LogP contribution in [0.1, 0.15) is 32.6 Å². The first-order valence-electron chi connectivity index (χ1n) is 7.98. The van der Waals surface area contributed by atoms with Crippen LogP contribution in [-0.2, 0) is 0 Å². The lowest BCUT2D eigenvalue weighted by Crippen LogP contribution is -2.60. The Labute approximate surface area is 118 Å². The third kappa shape index (κ3) is 2.97. The molecule has 0 spiro atoms. The fourth-order valence-electron chi connectivity index (χ4n) is 4.22. The fraction of sp³-hybridized carbons (Fsp3) is 1.00. The van der Waals surface area contributed by atoms with Gasteiger partial charge in [0.05, 0.1) is 0 Å². The number of hydrogen-bond acceptors (Lipinski definition) is 4. The molecule has 0 aromatic carbocycles. The molecule has 0 aliphatic carbocycles. The van der Waals surface area contributed by atoms with E-state index in [9.17, 15) is 0 Å². The maximum Gasteiger partial charge on any atom is 0.0498 e. The molecule has 0 radical (unpaired) electrons. The van der Waals surface area contributed by atoms with Gasteiger partial charge in [-0.2, -0.15) is 0 Å². The van der Waals surface area contributed by atoms with Crippen LogP contribution in [0.15, 0.2) is 0 Å². The Morgan fingerprint density at radius 3 is 2.68 bits per heavy atom. The van der Waals surface area contributed by atoms with Crippen molar-refractivity contribution in [3.8, 4) is 0 Å². The summed E-state index contributed by atoms with van der Waals surface area (Å²) in [5, 5.41) is 0. The second-order valence-corrected chi connectivity index (χ2v) is 6.49. The maximum atomic E-state index is 6.25. The van der Waals surface area contributed by atoms with E-state index in [0.29, 0.717) is 0 Å². The molecule has 2 rings (SSSR count). The normalized spacial score (nSPS) is 31.6. The highest BCUT2D eigenvalue weighted by atomic mass is 15.3. The summed E-state index contributed by atoms with van der Waals surface area (Å²) in [5.41, 5.74) is 6.52. The van der Waals surface area contributed by atoms with Gasteiger partial charge in [0.1, 0.15) is 0 Å². The summed E-state index contributed by atoms with van der Waals surface area (Å²) in [4.78, 5) is 7.65. The first kappa shape index (κ1) is 15.2. The van der Waals surface area contributed by atoms with E-state index in [-0.39, 0.29) is 5.54 Å². The van der Waals surface area contributed by atoms with E-state index in [2.05, 4.69) is 35.7 Å². The quantitative estimate of drug-likeness (QED) is 0.742. The predicted octanol–water partition coefficient (Wildman–Crippen LogP) is 0.826. The van der Waals surface area contributed by atoms with Crippen molar-refractivity contribution >= 4 is 0 Å². The zero-order chi connectivity index (χ0) is 13.9. The predicted molar refractivity (Wildman–Crippen MR) is 81.4 cm³/mol. The van der Waals surface area contributed by atoms with E-state index in [1.165, 1.54) is 51.9 Å². The molecule has 0 saturated carbocycles. The van der Waals surface area contributed by atoms with Crippen molar-refractivity contribution in [2.24, 2.45) is 5.73 Å². The number of fused-ring (bicyclic) bond motifs is 1. The Bertz CT molecular complexity index is 281. The molecule has 2 heterocycles. The average Bonchev–Trinajstić information content (AvgIpc) is 2.97. The van der Waals surface area contributed by atoms with Gasteiger partial charge >= 0.3 is 0 Å². The monoisotopic (exact) mass is 268 g/mol. The molecule has 19 heavy (non-hydrogen) atoms. The van der Waals surface area contributed by atoms with Crippen LogP contribution in [0.5, 0.6) is 0 Å². The zero-order valence-corrected chi connectivity index (χ0v) is 13.1. The number of nitrogens with two attached hydrogens (primary N) is 1. The Balaban J connectivity index is 2.01. The van der Waals surface area contributed by atoms with Crippen LogP contribution in [0.25, 0.3) is 0 Å². The summed E-state index contributed by atoms with van der Waals surface area (Å²) in [6.45, 7) is 9.17. The number of hydrogen-bond donors (Lipinski definition) is 1. The first-order valence-corrected chi connectivity index (χ1v) is 7.98. The molecular formula is C15H32N4. The molecule has 112 valence electrons. The second-order valence-electron chi connectivity index (χ2n) is 6.49. The molecule has 2 aliphatic heterocycles. The highest BCUT2D eigenvalue weighted by molar-refractivity contribution is 5.09. The Kier molecular flexibility index (Phi) is 5.23. The lowest BCUT2D eigenvalue weighted by atomic mass is 9.86. The van der Waals surface area contributed by atoms with Gasteiger partial charge in [-0.3, -0.25) is 9.80 Å². The van der Waals surface area contributed by atoms with Crippen LogP contribution in [-0.4, -0.2) is 79.6 Å². The van der Waals surface area contributed by atoms with Crippen LogP contribution in [0.3, 0.4) is 0 Å². The summed E-state index contributed by atoms with van der Waals surface area (Å²) in [6.07, 6.45) is 5.22. The Morgan fingerprint density at radius 2 is 2.05 bits per heavy atom. The van der Waals surface area contributed by atoms with Gasteiger partial charge in [-0.15, -0.1) is 0 Å². The first-order chi connectivity index (χ1) is 9.14. The van der Waals surface area contributed by atoms with Crippen molar-refractivity contribution in [2.75, 3.05) is 53.4 Å². The molecule has 2 N–H and O–H groups in total. The molecule has 0 bridgehead atoms. The zero-order valence-electron chi connectivity index (χ0n) is 13.1. The van der Waals surface area contributed by atoms with Crippen molar-refractivity contribution in [1.82, 2.24) is 14.7 Å². The van der Waals surface area contributed by atoms with Gasteiger partial charge < -0.3 is 10.6 Å². The topological polar surface area (TPSA) is 35.7 Å². The van der Waals surface area contributed by atoms with Crippen LogP contribution >= 0.6 is 0 Å². The minimum atomic E-state index is 0.261. The van der Waals surface area contributed by atoms with E-state index in [1.807, 2.05) is 0 Å². The number of rotatable bonds is 7. The Hall–Kier alpha value is -0.160. The van der Waals surface area contributed by atoms with E-state index in [1.54, 1.807) is 0 Å². The van der Waals surface area contributed by atoms with E-state index >= 15 is 0 Å². The van der Waals surface area contributed by atoms with Crippen molar-refractivity contribution < 1.29 is 0 Å². The minimum Gasteiger partial charge on any atom is -0.329 e. The third-order valence-corrected chi connectivity index (χ3v) is 5.21. The Morgan fingerprint density at radius 1 is 1.26 bits per heavy atom. The van der Waals surface area contributed by atoms with Crippen LogP contribution < -0.4 is 5.73 Å². The highest BCUT2D eigenvalue weighted by Gasteiger charge is 2.50. The molecule has 4 nitrogen and oxygen atoms in total. The summed E-state index contributed by atoms with van der Waals surface area (Å²) < 4.78 is 0. The molecule has 0 aromatic heterocycles. The molecule has 0 aromatic rings. The van der Waals surface area contributed by atoms with Gasteiger partial charge in [0.2, 0.25) is 0 Å². The van der Waals surface area contributed by atoms with E-state index < -0.39 is 0 Å². The minimum absolute atomic E-state index is 0.261. The summed E-state index contributed by atoms with van der Waals surface area (Å²) in [6, 6.07) is 0.719. The van der Waals surface area contributed by atoms with Crippen LogP contribution in [0.4, 0.5) is 0 Å². The second kappa shape index (κ2) is 6.53. The molecule has 4 heteroatoms. The molecule has 2 aliphatic rings. The molecule has 2 unspecified atom stereocenters. The van der Waals surface area contributed by atoms with Crippen LogP contribution in [0, 0.1) is 0 Å². The molecule has 0 amide bonds. The standard InChI is InChI=1S/C15H32N4/c1-4-19(11-6-9-17(2)3)15(13-16)8-12-18-10-5-7-14(15)18/h14H,4-13,16H2,1-3H3. The average molecular weight is 268 g/mol. The molecular weight excluding hydrogens is 236 g/mol. The van der Waals surface area contributed by atoms with Crippen molar-refractivity contribution in [3.05, 3.63) is 0 Å². The summed E-state index contributed by atoms with van der Waals surface area (Å²) >= 11 is 0. The highest BCUT2D eigenvalue weighted by Crippen LogP contribution is 2.39. The van der Waals surface area contributed by atoms with Crippen molar-refractivity contribution in [3.63, 3.8) is 0 Å². The molecule has 2 atom stereocenters. The third-order valence-electron chi connectivity index (χ3n) is 5.21. The van der Waals surface area contributed by atoms with Crippen LogP contribution in [0.2, 0.25) is 0 Å². The number of likely N-dealkylation sites (N-methyl/N-ethyl adjacent to an activating group) is 1. The summed E-state index contributed by atoms with van der Waals surface area (Å²) in [7, 11) is 4.31. The van der Waals surface area contributed by atoms with Gasteiger partial charge in [0.25, 0.3) is 0 Å². The van der Waals surface area contributed by atoms with Gasteiger partial charge in [-0.25, -0.2) is 0 Å². The molecule has 2 fully saturated rings. The van der Waals surface area contributed by atoms with E-state index in [4.69, 9.17) is 5.73 Å². The van der Waals surface area contributed by atoms with Gasteiger partial charge in [0, 0.05) is 31.2 Å². The van der Waals surface area contributed by atoms with Gasteiger partial charge in [-0.1, -0.05) is 6.92 Å². The fourth-order valence-corrected chi connectivity index (χ4v) is 4.22. The summed E-state index contributed by atoms with van der Waals surface area (Å²) in [5.74, 6) is 0. The van der Waals surface area contributed by atoms with E-state index in [0.717, 1.165) is 19.1 Å². The van der Waals surface area contributed by atoms with Gasteiger partial charge in [-0.05, 0) is 59.4 Å². The van der Waals surface area contributed by atoms with Crippen molar-refractivity contribution in [1.29, 1.82) is 0 Å². The SMILES string of the molecule is CCN(CCCN(C)C)C1(CN)CCN2CCCC21. The smallest absolute Gasteiger partial charge is 0.0498 e. The van der Waals surface area contributed by atoms with Gasteiger partial charge in [0.15, 0.2) is 0 Å². The van der Waals surface area contributed by atoms with Crippen molar-refractivity contribution in [2.45, 2.75) is 44.2 Å². The lowest BCUT2D eigenvalue weighted by molar-refractivity contribution is 0.0670. The largest absolute Gasteiger partial charge is 0.329 e. The maximum absolute atomic E-state index is 6.25. The molecule has 2 saturated heterocycles. The lowest BCUT2D eigenvalue weighted by Gasteiger charge is -2.44.